The zero-order valence-corrected chi connectivity index (χ0v) is 19.6. The van der Waals surface area contributed by atoms with Crippen molar-refractivity contribution < 1.29 is 14.6 Å². The van der Waals surface area contributed by atoms with Crippen molar-refractivity contribution in [1.29, 1.82) is 0 Å². The van der Waals surface area contributed by atoms with E-state index in [1.165, 1.54) is 19.8 Å². The summed E-state index contributed by atoms with van der Waals surface area (Å²) in [5, 5.41) is 10.3. The van der Waals surface area contributed by atoms with E-state index in [9.17, 15) is 9.90 Å². The lowest BCUT2D eigenvalue weighted by Crippen LogP contribution is -2.17. The largest absolute Gasteiger partial charge is 0.488 e. The molecule has 0 aliphatic heterocycles. The van der Waals surface area contributed by atoms with Crippen molar-refractivity contribution in [2.45, 2.75) is 60.5 Å². The van der Waals surface area contributed by atoms with E-state index < -0.39 is 6.10 Å². The molecule has 0 aromatic carbocycles. The van der Waals surface area contributed by atoms with E-state index in [-0.39, 0.29) is 17.1 Å². The summed E-state index contributed by atoms with van der Waals surface area (Å²) < 4.78 is 10.4. The van der Waals surface area contributed by atoms with Gasteiger partial charge in [0.05, 0.1) is 20.3 Å². The number of aromatic nitrogens is 1. The summed E-state index contributed by atoms with van der Waals surface area (Å²) in [7, 11) is 2.97. The number of pyridine rings is 1. The zero-order valence-electron chi connectivity index (χ0n) is 19.6. The molecule has 0 saturated heterocycles. The second-order valence-corrected chi connectivity index (χ2v) is 7.73. The fourth-order valence-electron chi connectivity index (χ4n) is 3.17. The minimum Gasteiger partial charge on any atom is -0.488 e. The molecule has 1 aromatic heterocycles. The fourth-order valence-corrected chi connectivity index (χ4v) is 3.17. The standard InChI is InChI=1S/C25H37NO4/c1-9-18(4)22(27)19(5)15-17(3)12-10-11-16(2)13-14-21-20(6)23(28)24(29-7)25(26-21)30-8/h9-10,12-13,15,19,22,27H,11,14H2,1-8H3,(H,26,28)/b12-10+,16-13+,17-15+,18-9+/t19-,22-/m0/s1. The van der Waals surface area contributed by atoms with Gasteiger partial charge in [0.15, 0.2) is 0 Å². The molecule has 2 N–H and O–H groups in total. The summed E-state index contributed by atoms with van der Waals surface area (Å²) in [4.78, 5) is 15.6. The lowest BCUT2D eigenvalue weighted by Gasteiger charge is -2.16. The van der Waals surface area contributed by atoms with Crippen LogP contribution >= 0.6 is 0 Å². The number of hydrogen-bond acceptors (Lipinski definition) is 4. The second kappa shape index (κ2) is 12.2. The predicted molar refractivity (Wildman–Crippen MR) is 124 cm³/mol. The molecular formula is C25H37NO4. The number of H-pyrrole nitrogens is 1. The minimum absolute atomic E-state index is 0.0624. The van der Waals surface area contributed by atoms with E-state index in [0.29, 0.717) is 17.9 Å². The van der Waals surface area contributed by atoms with Gasteiger partial charge in [0.25, 0.3) is 0 Å². The number of aromatic amines is 1. The Morgan fingerprint density at radius 2 is 1.87 bits per heavy atom. The normalized spacial score (nSPS) is 15.4. The summed E-state index contributed by atoms with van der Waals surface area (Å²) in [5.41, 5.74) is 4.61. The average Bonchev–Trinajstić information content (AvgIpc) is 2.73. The first-order chi connectivity index (χ1) is 14.2. The zero-order chi connectivity index (χ0) is 22.8. The molecule has 5 nitrogen and oxygen atoms in total. The Bertz CT molecular complexity index is 887. The van der Waals surface area contributed by atoms with Crippen LogP contribution in [0.5, 0.6) is 11.6 Å². The molecule has 0 saturated carbocycles. The van der Waals surface area contributed by atoms with Crippen LogP contribution in [0.4, 0.5) is 0 Å². The molecule has 0 unspecified atom stereocenters. The summed E-state index contributed by atoms with van der Waals surface area (Å²) >= 11 is 0. The van der Waals surface area contributed by atoms with Crippen LogP contribution in [-0.4, -0.2) is 30.4 Å². The average molecular weight is 416 g/mol. The lowest BCUT2D eigenvalue weighted by molar-refractivity contribution is 0.173. The number of allylic oxidation sites excluding steroid dienone is 6. The van der Waals surface area contributed by atoms with Gasteiger partial charge >= 0.3 is 0 Å². The molecular weight excluding hydrogens is 378 g/mol. The number of methoxy groups -OCH3 is 2. The highest BCUT2D eigenvalue weighted by molar-refractivity contribution is 5.40. The number of rotatable bonds is 10. The molecule has 1 aromatic rings. The number of nitrogens with one attached hydrogen (secondary N) is 1. The highest BCUT2D eigenvalue weighted by Gasteiger charge is 2.15. The minimum atomic E-state index is -0.452. The quantitative estimate of drug-likeness (QED) is 0.415. The molecule has 1 rings (SSSR count). The van der Waals surface area contributed by atoms with Gasteiger partial charge in [-0.2, -0.15) is 0 Å². The van der Waals surface area contributed by atoms with Gasteiger partial charge in [0.1, 0.15) is 0 Å². The van der Waals surface area contributed by atoms with E-state index in [0.717, 1.165) is 23.3 Å². The van der Waals surface area contributed by atoms with Crippen molar-refractivity contribution in [3.05, 3.63) is 68.6 Å². The van der Waals surface area contributed by atoms with E-state index in [4.69, 9.17) is 9.47 Å². The van der Waals surface area contributed by atoms with Gasteiger partial charge in [0, 0.05) is 23.6 Å². The highest BCUT2D eigenvalue weighted by Crippen LogP contribution is 2.22. The summed E-state index contributed by atoms with van der Waals surface area (Å²) in [6, 6.07) is 0. The van der Waals surface area contributed by atoms with Crippen molar-refractivity contribution in [3.63, 3.8) is 0 Å². The van der Waals surface area contributed by atoms with E-state index in [2.05, 4.69) is 36.2 Å². The van der Waals surface area contributed by atoms with Crippen LogP contribution in [0.3, 0.4) is 0 Å². The monoisotopic (exact) mass is 415 g/mol. The van der Waals surface area contributed by atoms with Gasteiger partial charge < -0.3 is 19.6 Å². The van der Waals surface area contributed by atoms with Gasteiger partial charge in [-0.1, -0.05) is 48.5 Å². The maximum atomic E-state index is 12.4. The molecule has 0 radical (unpaired) electrons. The van der Waals surface area contributed by atoms with Crippen molar-refractivity contribution in [2.24, 2.45) is 5.92 Å². The lowest BCUT2D eigenvalue weighted by atomic mass is 9.96. The first-order valence-corrected chi connectivity index (χ1v) is 10.3. The third kappa shape index (κ3) is 7.06. The fraction of sp³-hybridized carbons (Fsp3) is 0.480. The smallest absolute Gasteiger partial charge is 0.238 e. The maximum absolute atomic E-state index is 12.4. The molecule has 30 heavy (non-hydrogen) atoms. The van der Waals surface area contributed by atoms with Crippen LogP contribution in [0.15, 0.2) is 51.9 Å². The van der Waals surface area contributed by atoms with E-state index >= 15 is 0 Å². The number of aliphatic hydroxyl groups is 1. The topological polar surface area (TPSA) is 71.6 Å². The third-order valence-electron chi connectivity index (χ3n) is 5.30. The van der Waals surface area contributed by atoms with E-state index in [1.807, 2.05) is 33.8 Å². The van der Waals surface area contributed by atoms with Gasteiger partial charge in [-0.05, 0) is 46.6 Å². The number of aliphatic hydroxyl groups excluding tert-OH is 1. The maximum Gasteiger partial charge on any atom is 0.238 e. The van der Waals surface area contributed by atoms with Gasteiger partial charge in [-0.3, -0.25) is 4.79 Å². The summed E-state index contributed by atoms with van der Waals surface area (Å²) in [5.74, 6) is 0.611. The second-order valence-electron chi connectivity index (χ2n) is 7.73. The van der Waals surface area contributed by atoms with Crippen molar-refractivity contribution in [2.75, 3.05) is 14.2 Å². The first kappa shape index (κ1) is 25.5. The molecule has 0 aliphatic rings. The van der Waals surface area contributed by atoms with Gasteiger partial charge in [-0.25, -0.2) is 0 Å². The van der Waals surface area contributed by atoms with Crippen molar-refractivity contribution in [3.8, 4) is 11.6 Å². The summed E-state index contributed by atoms with van der Waals surface area (Å²) in [6.07, 6.45) is 11.3. The molecule has 0 bridgehead atoms. The Morgan fingerprint density at radius 3 is 2.43 bits per heavy atom. The molecule has 5 heteroatoms. The van der Waals surface area contributed by atoms with Crippen LogP contribution in [0.1, 0.15) is 52.3 Å². The van der Waals surface area contributed by atoms with Crippen LogP contribution in [0.2, 0.25) is 0 Å². The van der Waals surface area contributed by atoms with Crippen LogP contribution in [-0.2, 0) is 6.42 Å². The van der Waals surface area contributed by atoms with Crippen molar-refractivity contribution in [1.82, 2.24) is 4.98 Å². The van der Waals surface area contributed by atoms with Gasteiger partial charge in [0.2, 0.25) is 17.1 Å². The molecule has 0 spiro atoms. The molecule has 1 heterocycles. The molecule has 0 aliphatic carbocycles. The number of ether oxygens (including phenoxy) is 2. The Morgan fingerprint density at radius 1 is 1.20 bits per heavy atom. The third-order valence-corrected chi connectivity index (χ3v) is 5.30. The molecule has 0 fully saturated rings. The van der Waals surface area contributed by atoms with Gasteiger partial charge in [-0.15, -0.1) is 0 Å². The van der Waals surface area contributed by atoms with Crippen LogP contribution in [0, 0.1) is 12.8 Å². The number of hydrogen-bond donors (Lipinski definition) is 2. The molecule has 2 atom stereocenters. The molecule has 166 valence electrons. The Labute approximate surface area is 180 Å². The predicted octanol–water partition coefficient (Wildman–Crippen LogP) is 5.05. The van der Waals surface area contributed by atoms with Crippen LogP contribution < -0.4 is 14.9 Å². The molecule has 0 amide bonds. The first-order valence-electron chi connectivity index (χ1n) is 10.3. The Hall–Kier alpha value is -2.53. The van der Waals surface area contributed by atoms with E-state index in [1.54, 1.807) is 6.92 Å². The van der Waals surface area contributed by atoms with Crippen molar-refractivity contribution >= 4 is 0 Å². The highest BCUT2D eigenvalue weighted by atomic mass is 16.5. The SMILES string of the molecule is C/C=C(\C)[C@H](O)[C@@H](C)/C=C(C)/C=C/C/C(C)=C/Cc1[nH]c(OC)c(OC)c(=O)c1C. The van der Waals surface area contributed by atoms with Crippen LogP contribution in [0.25, 0.3) is 0 Å². The Kier molecular flexibility index (Phi) is 10.4. The summed E-state index contributed by atoms with van der Waals surface area (Å²) in [6.45, 7) is 11.8. The Balaban J connectivity index is 2.80.